The monoisotopic (exact) mass is 528 g/mol. The van der Waals surface area contributed by atoms with Gasteiger partial charge in [0.2, 0.25) is 0 Å². The van der Waals surface area contributed by atoms with Gasteiger partial charge >= 0.3 is 0 Å². The summed E-state index contributed by atoms with van der Waals surface area (Å²) in [5.41, 5.74) is 9.59. The van der Waals surface area contributed by atoms with Gasteiger partial charge in [-0.25, -0.2) is 4.98 Å². The van der Waals surface area contributed by atoms with Crippen LogP contribution in [-0.2, 0) is 0 Å². The van der Waals surface area contributed by atoms with Crippen molar-refractivity contribution in [3.8, 4) is 11.3 Å². The highest BCUT2D eigenvalue weighted by Crippen LogP contribution is 2.39. The van der Waals surface area contributed by atoms with Crippen molar-refractivity contribution in [2.75, 3.05) is 9.80 Å². The van der Waals surface area contributed by atoms with Crippen LogP contribution < -0.4 is 9.80 Å². The zero-order chi connectivity index (χ0) is 27.4. The van der Waals surface area contributed by atoms with E-state index in [4.69, 9.17) is 4.98 Å². The molecular weight excluding hydrogens is 500 g/mol. The summed E-state index contributed by atoms with van der Waals surface area (Å²) < 4.78 is 2.05. The fourth-order valence-corrected chi connectivity index (χ4v) is 5.23. The molecule has 0 amide bonds. The quantitative estimate of drug-likeness (QED) is 0.206. The molecule has 0 fully saturated rings. The van der Waals surface area contributed by atoms with Gasteiger partial charge < -0.3 is 14.2 Å². The molecule has 0 bridgehead atoms. The molecule has 2 aromatic heterocycles. The van der Waals surface area contributed by atoms with Crippen LogP contribution in [0.25, 0.3) is 16.9 Å². The van der Waals surface area contributed by atoms with Crippen LogP contribution in [0.2, 0.25) is 0 Å². The Kier molecular flexibility index (Phi) is 6.48. The summed E-state index contributed by atoms with van der Waals surface area (Å²) in [6.45, 7) is 0. The number of hydrogen-bond donors (Lipinski definition) is 0. The third kappa shape index (κ3) is 4.95. The molecule has 0 radical (unpaired) electrons. The molecule has 0 aliphatic heterocycles. The molecule has 0 aliphatic rings. The predicted molar refractivity (Wildman–Crippen MR) is 170 cm³/mol. The predicted octanol–water partition coefficient (Wildman–Crippen LogP) is 9.94. The number of rotatable bonds is 7. The van der Waals surface area contributed by atoms with E-state index in [1.54, 1.807) is 0 Å². The molecule has 4 nitrogen and oxygen atoms in total. The van der Waals surface area contributed by atoms with E-state index in [9.17, 15) is 0 Å². The summed E-state index contributed by atoms with van der Waals surface area (Å²) in [5.74, 6) is 0. The lowest BCUT2D eigenvalue weighted by molar-refractivity contribution is 1.19. The number of imidazole rings is 1. The summed E-state index contributed by atoms with van der Waals surface area (Å²) in [5, 5.41) is 0. The Morgan fingerprint density at radius 3 is 1.22 bits per heavy atom. The Balaban J connectivity index is 1.25. The molecule has 7 rings (SSSR count). The Morgan fingerprint density at radius 1 is 0.390 bits per heavy atom. The summed E-state index contributed by atoms with van der Waals surface area (Å²) in [7, 11) is 0. The van der Waals surface area contributed by atoms with Crippen LogP contribution in [0.4, 0.5) is 34.1 Å². The Hall–Kier alpha value is -5.61. The molecule has 2 heterocycles. The summed E-state index contributed by atoms with van der Waals surface area (Å²) in [4.78, 5) is 9.36. The minimum absolute atomic E-state index is 0.942. The lowest BCUT2D eigenvalue weighted by Gasteiger charge is -2.28. The van der Waals surface area contributed by atoms with Crippen LogP contribution in [0.3, 0.4) is 0 Å². The topological polar surface area (TPSA) is 23.8 Å². The highest BCUT2D eigenvalue weighted by atomic mass is 15.2. The van der Waals surface area contributed by atoms with Gasteiger partial charge in [0, 0.05) is 52.1 Å². The van der Waals surface area contributed by atoms with Crippen molar-refractivity contribution < 1.29 is 0 Å². The Labute approximate surface area is 240 Å². The van der Waals surface area contributed by atoms with Gasteiger partial charge in [0.05, 0.1) is 5.69 Å². The fourth-order valence-electron chi connectivity index (χ4n) is 5.23. The average Bonchev–Trinajstić information content (AvgIpc) is 3.49. The van der Waals surface area contributed by atoms with Gasteiger partial charge in [0.15, 0.2) is 0 Å². The van der Waals surface area contributed by atoms with E-state index in [0.717, 1.165) is 51.0 Å². The maximum atomic E-state index is 4.79. The first-order valence-electron chi connectivity index (χ1n) is 13.7. The van der Waals surface area contributed by atoms with E-state index in [0.29, 0.717) is 0 Å². The molecule has 196 valence electrons. The van der Waals surface area contributed by atoms with Crippen LogP contribution in [0.15, 0.2) is 170 Å². The van der Waals surface area contributed by atoms with Crippen molar-refractivity contribution in [2.24, 2.45) is 0 Å². The van der Waals surface area contributed by atoms with E-state index < -0.39 is 0 Å². The fraction of sp³-hybridized carbons (Fsp3) is 0. The summed E-state index contributed by atoms with van der Waals surface area (Å²) in [6, 6.07) is 54.9. The van der Waals surface area contributed by atoms with E-state index in [-0.39, 0.29) is 0 Å². The first-order valence-corrected chi connectivity index (χ1v) is 13.7. The van der Waals surface area contributed by atoms with E-state index in [1.165, 1.54) is 0 Å². The van der Waals surface area contributed by atoms with Crippen LogP contribution in [-0.4, -0.2) is 9.38 Å². The Bertz CT molecular complexity index is 1790. The second-order valence-corrected chi connectivity index (χ2v) is 9.83. The van der Waals surface area contributed by atoms with Crippen molar-refractivity contribution in [2.45, 2.75) is 0 Å². The van der Waals surface area contributed by atoms with Gasteiger partial charge in [-0.05, 0) is 84.9 Å². The van der Waals surface area contributed by atoms with Gasteiger partial charge in [0.25, 0.3) is 0 Å². The minimum Gasteiger partial charge on any atom is -0.311 e. The van der Waals surface area contributed by atoms with Crippen LogP contribution in [0.5, 0.6) is 0 Å². The van der Waals surface area contributed by atoms with Gasteiger partial charge in [-0.2, -0.15) is 0 Å². The van der Waals surface area contributed by atoms with Gasteiger partial charge in [-0.3, -0.25) is 0 Å². The zero-order valence-corrected chi connectivity index (χ0v) is 22.5. The molecular formula is C37H28N4. The van der Waals surface area contributed by atoms with E-state index >= 15 is 0 Å². The number of benzene rings is 5. The Morgan fingerprint density at radius 2 is 0.780 bits per heavy atom. The van der Waals surface area contributed by atoms with E-state index in [2.05, 4.69) is 148 Å². The highest BCUT2D eigenvalue weighted by molar-refractivity contribution is 5.81. The normalized spacial score (nSPS) is 10.9. The van der Waals surface area contributed by atoms with E-state index in [1.807, 2.05) is 36.5 Å². The second kappa shape index (κ2) is 10.9. The SMILES string of the molecule is c1ccc(N(c2ccccc2)c2ccc(N(c3ccccc3)c3ccc(-c4cn5ccccc5n4)cc3)cc2)cc1. The van der Waals surface area contributed by atoms with Crippen molar-refractivity contribution in [3.63, 3.8) is 0 Å². The van der Waals surface area contributed by atoms with Crippen molar-refractivity contribution in [3.05, 3.63) is 170 Å². The first-order chi connectivity index (χ1) is 20.3. The number of hydrogen-bond acceptors (Lipinski definition) is 3. The highest BCUT2D eigenvalue weighted by Gasteiger charge is 2.16. The third-order valence-corrected chi connectivity index (χ3v) is 7.19. The molecule has 0 unspecified atom stereocenters. The van der Waals surface area contributed by atoms with Crippen LogP contribution >= 0.6 is 0 Å². The van der Waals surface area contributed by atoms with Crippen molar-refractivity contribution in [1.29, 1.82) is 0 Å². The lowest BCUT2D eigenvalue weighted by atomic mass is 10.1. The molecule has 0 atom stereocenters. The summed E-state index contributed by atoms with van der Waals surface area (Å²) in [6.07, 6.45) is 4.10. The van der Waals surface area contributed by atoms with Gasteiger partial charge in [-0.15, -0.1) is 0 Å². The zero-order valence-electron chi connectivity index (χ0n) is 22.5. The molecule has 7 aromatic rings. The number of pyridine rings is 1. The molecule has 5 aromatic carbocycles. The van der Waals surface area contributed by atoms with Crippen LogP contribution in [0.1, 0.15) is 0 Å². The van der Waals surface area contributed by atoms with Gasteiger partial charge in [-0.1, -0.05) is 72.8 Å². The largest absolute Gasteiger partial charge is 0.311 e. The summed E-state index contributed by atoms with van der Waals surface area (Å²) >= 11 is 0. The molecule has 0 N–H and O–H groups in total. The number of fused-ring (bicyclic) bond motifs is 1. The van der Waals surface area contributed by atoms with Crippen molar-refractivity contribution in [1.82, 2.24) is 9.38 Å². The molecule has 0 aliphatic carbocycles. The lowest BCUT2D eigenvalue weighted by Crippen LogP contribution is -2.12. The third-order valence-electron chi connectivity index (χ3n) is 7.19. The minimum atomic E-state index is 0.942. The maximum absolute atomic E-state index is 4.79. The number of para-hydroxylation sites is 3. The molecule has 4 heteroatoms. The maximum Gasteiger partial charge on any atom is 0.137 e. The van der Waals surface area contributed by atoms with Crippen LogP contribution in [0, 0.1) is 0 Å². The second-order valence-electron chi connectivity index (χ2n) is 9.83. The molecule has 0 saturated carbocycles. The molecule has 0 spiro atoms. The van der Waals surface area contributed by atoms with Gasteiger partial charge in [0.1, 0.15) is 5.65 Å². The average molecular weight is 529 g/mol. The molecule has 0 saturated heterocycles. The first kappa shape index (κ1) is 24.4. The standard InChI is InChI=1S/C37H28N4/c1-4-12-30(13-5-1)40(31-14-6-2-7-15-31)34-23-25-35(26-24-34)41(32-16-8-3-9-17-32)33-21-19-29(20-22-33)36-28-39-27-11-10-18-37(39)38-36/h1-28H. The number of aromatic nitrogens is 2. The molecule has 41 heavy (non-hydrogen) atoms. The number of anilines is 6. The van der Waals surface area contributed by atoms with Crippen molar-refractivity contribution >= 4 is 39.8 Å². The smallest absolute Gasteiger partial charge is 0.137 e. The number of nitrogens with zero attached hydrogens (tertiary/aromatic N) is 4.